The Morgan fingerprint density at radius 3 is 2.58 bits per heavy atom. The van der Waals surface area contributed by atoms with Crippen LogP contribution in [0.5, 0.6) is 0 Å². The fourth-order valence-electron chi connectivity index (χ4n) is 4.65. The molecule has 1 saturated carbocycles. The summed E-state index contributed by atoms with van der Waals surface area (Å²) in [6.45, 7) is 1.11. The summed E-state index contributed by atoms with van der Waals surface area (Å²) in [5, 5.41) is 2.30. The minimum atomic E-state index is -3.90. The number of nitrogens with one attached hydrogen (secondary N) is 2. The number of ether oxygens (including phenoxy) is 1. The highest BCUT2D eigenvalue weighted by Gasteiger charge is 2.39. The third-order valence-electron chi connectivity index (χ3n) is 6.34. The molecule has 180 valence electrons. The highest BCUT2D eigenvalue weighted by atomic mass is 35.5. The van der Waals surface area contributed by atoms with E-state index in [1.54, 1.807) is 0 Å². The zero-order valence-corrected chi connectivity index (χ0v) is 21.0. The molecule has 8 nitrogen and oxygen atoms in total. The molecular formula is C21H25Cl2N3O5S2. The van der Waals surface area contributed by atoms with E-state index in [0.29, 0.717) is 36.8 Å². The molecule has 3 heterocycles. The number of aromatic amines is 1. The maximum atomic E-state index is 13.6. The molecule has 2 aliphatic rings. The van der Waals surface area contributed by atoms with Crippen LogP contribution in [0, 0.1) is 5.92 Å². The second-order valence-electron chi connectivity index (χ2n) is 8.46. The van der Waals surface area contributed by atoms with E-state index in [2.05, 4.69) is 15.3 Å². The minimum Gasteiger partial charge on any atom is -0.381 e. The molecule has 1 saturated heterocycles. The van der Waals surface area contributed by atoms with E-state index in [0.717, 1.165) is 37.0 Å². The zero-order chi connectivity index (χ0) is 23.6. The van der Waals surface area contributed by atoms with Gasteiger partial charge in [0.05, 0.1) is 27.3 Å². The van der Waals surface area contributed by atoms with E-state index in [-0.39, 0.29) is 26.5 Å². The van der Waals surface area contributed by atoms with E-state index in [1.165, 1.54) is 12.4 Å². The molecule has 0 aromatic carbocycles. The monoisotopic (exact) mass is 533 g/mol. The number of rotatable bonds is 7. The molecule has 2 N–H and O–H groups in total. The number of thiazole rings is 1. The average Bonchev–Trinajstić information content (AvgIpc) is 3.47. The van der Waals surface area contributed by atoms with Crippen LogP contribution in [0.15, 0.2) is 22.1 Å². The second kappa shape index (κ2) is 10.4. The number of carbonyl (C=O) groups is 1. The molecule has 12 heteroatoms. The highest BCUT2D eigenvalue weighted by Crippen LogP contribution is 2.39. The van der Waals surface area contributed by atoms with E-state index in [9.17, 15) is 18.0 Å². The Morgan fingerprint density at radius 2 is 1.94 bits per heavy atom. The van der Waals surface area contributed by atoms with Crippen molar-refractivity contribution in [1.82, 2.24) is 9.97 Å². The molecule has 2 aromatic rings. The number of halogens is 2. The van der Waals surface area contributed by atoms with Crippen molar-refractivity contribution in [1.29, 1.82) is 0 Å². The fourth-order valence-corrected chi connectivity index (χ4v) is 8.10. The number of amides is 1. The maximum absolute atomic E-state index is 13.6. The number of H-pyrrole nitrogens is 1. The molecule has 2 fully saturated rings. The van der Waals surface area contributed by atoms with E-state index in [1.807, 2.05) is 0 Å². The van der Waals surface area contributed by atoms with Crippen LogP contribution in [0.4, 0.5) is 5.13 Å². The topological polar surface area (TPSA) is 118 Å². The Bertz CT molecular complexity index is 1170. The summed E-state index contributed by atoms with van der Waals surface area (Å²) in [7, 11) is -3.90. The number of anilines is 1. The van der Waals surface area contributed by atoms with Crippen molar-refractivity contribution in [3.63, 3.8) is 0 Å². The predicted octanol–water partition coefficient (Wildman–Crippen LogP) is 4.39. The van der Waals surface area contributed by atoms with Crippen molar-refractivity contribution >= 4 is 55.4 Å². The van der Waals surface area contributed by atoms with Gasteiger partial charge in [0.15, 0.2) is 15.0 Å². The first kappa shape index (κ1) is 24.7. The first-order chi connectivity index (χ1) is 15.8. The van der Waals surface area contributed by atoms with Gasteiger partial charge in [0.1, 0.15) is 4.34 Å². The number of aromatic nitrogens is 2. The van der Waals surface area contributed by atoms with Crippen molar-refractivity contribution in [3.05, 3.63) is 37.7 Å². The largest absolute Gasteiger partial charge is 0.381 e. The van der Waals surface area contributed by atoms with Crippen molar-refractivity contribution in [2.75, 3.05) is 18.5 Å². The predicted molar refractivity (Wildman–Crippen MR) is 128 cm³/mol. The van der Waals surface area contributed by atoms with Gasteiger partial charge in [0.2, 0.25) is 5.91 Å². The van der Waals surface area contributed by atoms with Crippen LogP contribution in [0.25, 0.3) is 0 Å². The SMILES string of the molecule is O=C(Nc1ncc(Cl)s1)C(CC1CCOCC1)c1c(S(=O)(=O)C2CCCC2)c(Cl)c[nH]c1=O. The second-order valence-corrected chi connectivity index (χ2v) is 12.7. The lowest BCUT2D eigenvalue weighted by Gasteiger charge is -2.27. The number of pyridine rings is 1. The Balaban J connectivity index is 1.79. The number of hydrogen-bond acceptors (Lipinski definition) is 7. The zero-order valence-electron chi connectivity index (χ0n) is 17.8. The molecule has 0 spiro atoms. The van der Waals surface area contributed by atoms with Crippen LogP contribution in [-0.4, -0.2) is 42.8 Å². The van der Waals surface area contributed by atoms with Gasteiger partial charge in [0.25, 0.3) is 5.56 Å². The molecule has 1 atom stereocenters. The molecule has 4 rings (SSSR count). The quantitative estimate of drug-likeness (QED) is 0.544. The molecule has 1 unspecified atom stereocenters. The Kier molecular flexibility index (Phi) is 7.80. The summed E-state index contributed by atoms with van der Waals surface area (Å²) in [4.78, 5) is 32.9. The van der Waals surface area contributed by atoms with Crippen LogP contribution in [0.3, 0.4) is 0 Å². The molecule has 0 radical (unpaired) electrons. The van der Waals surface area contributed by atoms with Gasteiger partial charge < -0.3 is 15.0 Å². The van der Waals surface area contributed by atoms with Gasteiger partial charge >= 0.3 is 0 Å². The van der Waals surface area contributed by atoms with Gasteiger partial charge in [-0.25, -0.2) is 13.4 Å². The van der Waals surface area contributed by atoms with E-state index < -0.39 is 32.5 Å². The van der Waals surface area contributed by atoms with Gasteiger partial charge in [-0.15, -0.1) is 0 Å². The molecule has 0 bridgehead atoms. The molecular weight excluding hydrogens is 509 g/mol. The number of sulfone groups is 1. The van der Waals surface area contributed by atoms with Crippen LogP contribution < -0.4 is 10.9 Å². The third kappa shape index (κ3) is 5.45. The standard InChI is InChI=1S/C21H25Cl2N3O5S2/c22-15-10-24-20(28)17(18(15)33(29,30)13-3-1-2-4-13)14(9-12-5-7-31-8-6-12)19(27)26-21-25-11-16(23)32-21/h10-14H,1-9H2,(H,24,28)(H,25,26,27). The maximum Gasteiger partial charge on any atom is 0.253 e. The lowest BCUT2D eigenvalue weighted by atomic mass is 9.85. The van der Waals surface area contributed by atoms with Crippen molar-refractivity contribution in [2.45, 2.75) is 61.0 Å². The van der Waals surface area contributed by atoms with Gasteiger partial charge in [-0.1, -0.05) is 47.4 Å². The number of hydrogen-bond donors (Lipinski definition) is 2. The smallest absolute Gasteiger partial charge is 0.253 e. The Hall–Kier alpha value is -1.46. The fraction of sp³-hybridized carbons (Fsp3) is 0.571. The van der Waals surface area contributed by atoms with Gasteiger partial charge in [0, 0.05) is 25.0 Å². The molecule has 2 aromatic heterocycles. The first-order valence-electron chi connectivity index (χ1n) is 10.9. The molecule has 1 aliphatic carbocycles. The first-order valence-corrected chi connectivity index (χ1v) is 14.0. The minimum absolute atomic E-state index is 0.0708. The number of carbonyl (C=O) groups excluding carboxylic acids is 1. The van der Waals surface area contributed by atoms with E-state index in [4.69, 9.17) is 27.9 Å². The summed E-state index contributed by atoms with van der Waals surface area (Å²) in [5.41, 5.74) is -0.721. The highest BCUT2D eigenvalue weighted by molar-refractivity contribution is 7.92. The third-order valence-corrected chi connectivity index (χ3v) is 10.1. The van der Waals surface area contributed by atoms with Crippen LogP contribution >= 0.6 is 34.5 Å². The van der Waals surface area contributed by atoms with Crippen molar-refractivity contribution in [2.24, 2.45) is 5.92 Å². The lowest BCUT2D eigenvalue weighted by molar-refractivity contribution is -0.118. The summed E-state index contributed by atoms with van der Waals surface area (Å²) in [5.74, 6) is -1.44. The molecule has 1 aliphatic heterocycles. The van der Waals surface area contributed by atoms with Crippen LogP contribution in [0.1, 0.15) is 56.4 Å². The van der Waals surface area contributed by atoms with Gasteiger partial charge in [-0.2, -0.15) is 0 Å². The summed E-state index contributed by atoms with van der Waals surface area (Å²) < 4.78 is 33.0. The van der Waals surface area contributed by atoms with Crippen molar-refractivity contribution < 1.29 is 17.9 Å². The normalized spacial score (nSPS) is 19.0. The van der Waals surface area contributed by atoms with E-state index >= 15 is 0 Å². The van der Waals surface area contributed by atoms with Crippen LogP contribution in [-0.2, 0) is 19.4 Å². The van der Waals surface area contributed by atoms with Crippen molar-refractivity contribution in [3.8, 4) is 0 Å². The summed E-state index contributed by atoms with van der Waals surface area (Å²) in [6, 6.07) is 0. The summed E-state index contributed by atoms with van der Waals surface area (Å²) in [6.07, 6.45) is 6.97. The lowest BCUT2D eigenvalue weighted by Crippen LogP contribution is -2.33. The summed E-state index contributed by atoms with van der Waals surface area (Å²) >= 11 is 13.4. The van der Waals surface area contributed by atoms with Crippen LogP contribution in [0.2, 0.25) is 9.36 Å². The van der Waals surface area contributed by atoms with Gasteiger partial charge in [-0.3, -0.25) is 9.59 Å². The Labute approximate surface area is 206 Å². The molecule has 1 amide bonds. The number of nitrogens with zero attached hydrogens (tertiary/aromatic N) is 1. The molecule has 33 heavy (non-hydrogen) atoms. The average molecular weight is 534 g/mol. The Morgan fingerprint density at radius 1 is 1.24 bits per heavy atom. The van der Waals surface area contributed by atoms with Gasteiger partial charge in [-0.05, 0) is 38.0 Å².